The lowest BCUT2D eigenvalue weighted by atomic mass is 10.1. The van der Waals surface area contributed by atoms with Crippen LogP contribution in [0.15, 0.2) is 36.4 Å². The van der Waals surface area contributed by atoms with Crippen molar-refractivity contribution in [2.45, 2.75) is 33.5 Å². The summed E-state index contributed by atoms with van der Waals surface area (Å²) < 4.78 is 11.2. The third-order valence-electron chi connectivity index (χ3n) is 3.35. The molecule has 0 radical (unpaired) electrons. The van der Waals surface area contributed by atoms with Gasteiger partial charge in [0.1, 0.15) is 6.61 Å². The molecule has 0 unspecified atom stereocenters. The van der Waals surface area contributed by atoms with Crippen molar-refractivity contribution in [3.63, 3.8) is 0 Å². The zero-order valence-electron chi connectivity index (χ0n) is 13.0. The maximum Gasteiger partial charge on any atom is 0.161 e. The van der Waals surface area contributed by atoms with Gasteiger partial charge in [0.25, 0.3) is 0 Å². The summed E-state index contributed by atoms with van der Waals surface area (Å²) in [6.07, 6.45) is -0.521. The fourth-order valence-corrected chi connectivity index (χ4v) is 2.38. The molecule has 0 saturated heterocycles. The molecule has 112 valence electrons. The van der Waals surface area contributed by atoms with Crippen molar-refractivity contribution in [2.24, 2.45) is 0 Å². The van der Waals surface area contributed by atoms with Crippen LogP contribution in [0, 0.1) is 13.8 Å². The van der Waals surface area contributed by atoms with Crippen LogP contribution in [0.5, 0.6) is 11.5 Å². The van der Waals surface area contributed by atoms with E-state index in [-0.39, 0.29) is 0 Å². The van der Waals surface area contributed by atoms with Gasteiger partial charge in [-0.3, -0.25) is 0 Å². The van der Waals surface area contributed by atoms with Gasteiger partial charge in [-0.1, -0.05) is 35.4 Å². The van der Waals surface area contributed by atoms with Crippen LogP contribution >= 0.6 is 0 Å². The van der Waals surface area contributed by atoms with Crippen molar-refractivity contribution in [1.29, 1.82) is 0 Å². The summed E-state index contributed by atoms with van der Waals surface area (Å²) in [5.74, 6) is 1.32. The van der Waals surface area contributed by atoms with E-state index in [9.17, 15) is 5.11 Å². The van der Waals surface area contributed by atoms with Gasteiger partial charge in [-0.2, -0.15) is 0 Å². The number of ether oxygens (including phenoxy) is 2. The maximum absolute atomic E-state index is 9.61. The number of rotatable bonds is 5. The second-order valence-corrected chi connectivity index (χ2v) is 5.37. The lowest BCUT2D eigenvalue weighted by Crippen LogP contribution is -2.00. The SMILES string of the molecule is COc1cc([C@@H](C)O)ccc1OCc1cc(C)cc(C)c1. The van der Waals surface area contributed by atoms with Crippen molar-refractivity contribution in [3.05, 3.63) is 58.7 Å². The van der Waals surface area contributed by atoms with Gasteiger partial charge >= 0.3 is 0 Å². The summed E-state index contributed by atoms with van der Waals surface area (Å²) >= 11 is 0. The molecule has 2 aromatic rings. The summed E-state index contributed by atoms with van der Waals surface area (Å²) in [4.78, 5) is 0. The van der Waals surface area contributed by atoms with Crippen molar-refractivity contribution in [3.8, 4) is 11.5 Å². The molecule has 3 nitrogen and oxygen atoms in total. The Hall–Kier alpha value is -2.00. The molecule has 2 aromatic carbocycles. The molecule has 0 aliphatic rings. The fraction of sp³-hybridized carbons (Fsp3) is 0.333. The Morgan fingerprint density at radius 3 is 2.24 bits per heavy atom. The van der Waals surface area contributed by atoms with Crippen LogP contribution in [0.4, 0.5) is 0 Å². The van der Waals surface area contributed by atoms with Gasteiger partial charge in [0, 0.05) is 0 Å². The number of aliphatic hydroxyl groups is 1. The van der Waals surface area contributed by atoms with Gasteiger partial charge in [-0.05, 0) is 44.0 Å². The molecule has 0 saturated carbocycles. The molecule has 0 spiro atoms. The summed E-state index contributed by atoms with van der Waals surface area (Å²) in [6, 6.07) is 11.9. The molecular formula is C18H22O3. The van der Waals surface area contributed by atoms with E-state index in [1.807, 2.05) is 18.2 Å². The zero-order chi connectivity index (χ0) is 15.4. The van der Waals surface area contributed by atoms with Gasteiger partial charge in [0.15, 0.2) is 11.5 Å². The van der Waals surface area contributed by atoms with E-state index in [1.54, 1.807) is 14.0 Å². The number of aliphatic hydroxyl groups excluding tert-OH is 1. The Balaban J connectivity index is 2.15. The highest BCUT2D eigenvalue weighted by atomic mass is 16.5. The van der Waals surface area contributed by atoms with Crippen LogP contribution in [0.3, 0.4) is 0 Å². The number of benzene rings is 2. The van der Waals surface area contributed by atoms with Crippen LogP contribution in [0.25, 0.3) is 0 Å². The number of methoxy groups -OCH3 is 1. The van der Waals surface area contributed by atoms with Crippen molar-refractivity contribution in [1.82, 2.24) is 0 Å². The average molecular weight is 286 g/mol. The molecule has 0 amide bonds. The predicted octanol–water partition coefficient (Wildman–Crippen LogP) is 3.94. The largest absolute Gasteiger partial charge is 0.493 e. The lowest BCUT2D eigenvalue weighted by Gasteiger charge is -2.14. The van der Waals surface area contributed by atoms with E-state index in [4.69, 9.17) is 9.47 Å². The van der Waals surface area contributed by atoms with E-state index < -0.39 is 6.10 Å². The Kier molecular flexibility index (Phi) is 4.86. The summed E-state index contributed by atoms with van der Waals surface area (Å²) in [6.45, 7) is 6.38. The van der Waals surface area contributed by atoms with E-state index in [2.05, 4.69) is 32.0 Å². The highest BCUT2D eigenvalue weighted by molar-refractivity contribution is 5.43. The topological polar surface area (TPSA) is 38.7 Å². The quantitative estimate of drug-likeness (QED) is 0.904. The van der Waals surface area contributed by atoms with Crippen LogP contribution < -0.4 is 9.47 Å². The molecule has 0 heterocycles. The monoisotopic (exact) mass is 286 g/mol. The molecule has 21 heavy (non-hydrogen) atoms. The first-order valence-corrected chi connectivity index (χ1v) is 7.05. The van der Waals surface area contributed by atoms with Crippen LogP contribution in [0.2, 0.25) is 0 Å². The number of hydrogen-bond acceptors (Lipinski definition) is 3. The van der Waals surface area contributed by atoms with Gasteiger partial charge < -0.3 is 14.6 Å². The molecular weight excluding hydrogens is 264 g/mol. The summed E-state index contributed by atoms with van der Waals surface area (Å²) in [7, 11) is 1.60. The third kappa shape index (κ3) is 3.99. The fourth-order valence-electron chi connectivity index (χ4n) is 2.38. The van der Waals surface area contributed by atoms with Gasteiger partial charge in [-0.25, -0.2) is 0 Å². The summed E-state index contributed by atoms with van der Waals surface area (Å²) in [5.41, 5.74) is 4.40. The molecule has 3 heteroatoms. The Morgan fingerprint density at radius 2 is 1.67 bits per heavy atom. The minimum absolute atomic E-state index is 0.493. The van der Waals surface area contributed by atoms with Gasteiger partial charge in [-0.15, -0.1) is 0 Å². The van der Waals surface area contributed by atoms with E-state index in [1.165, 1.54) is 11.1 Å². The second-order valence-electron chi connectivity index (χ2n) is 5.37. The highest BCUT2D eigenvalue weighted by Gasteiger charge is 2.09. The third-order valence-corrected chi connectivity index (χ3v) is 3.35. The molecule has 0 aliphatic carbocycles. The number of hydrogen-bond donors (Lipinski definition) is 1. The average Bonchev–Trinajstić information content (AvgIpc) is 2.43. The standard InChI is InChI=1S/C18H22O3/c1-12-7-13(2)9-15(8-12)11-21-17-6-5-16(14(3)19)10-18(17)20-4/h5-10,14,19H,11H2,1-4H3/t14-/m1/s1. The van der Waals surface area contributed by atoms with Gasteiger partial charge in [0.2, 0.25) is 0 Å². The van der Waals surface area contributed by atoms with E-state index in [0.29, 0.717) is 18.1 Å². The van der Waals surface area contributed by atoms with Crippen molar-refractivity contribution in [2.75, 3.05) is 7.11 Å². The molecule has 2 rings (SSSR count). The van der Waals surface area contributed by atoms with E-state index in [0.717, 1.165) is 11.1 Å². The van der Waals surface area contributed by atoms with Crippen LogP contribution in [0.1, 0.15) is 35.3 Å². The van der Waals surface area contributed by atoms with Crippen molar-refractivity contribution < 1.29 is 14.6 Å². The smallest absolute Gasteiger partial charge is 0.161 e. The summed E-state index contributed by atoms with van der Waals surface area (Å²) in [5, 5.41) is 9.61. The zero-order valence-corrected chi connectivity index (χ0v) is 13.0. The van der Waals surface area contributed by atoms with E-state index >= 15 is 0 Å². The molecule has 0 bridgehead atoms. The highest BCUT2D eigenvalue weighted by Crippen LogP contribution is 2.31. The Bertz CT molecular complexity index is 598. The maximum atomic E-state index is 9.61. The Morgan fingerprint density at radius 1 is 1.00 bits per heavy atom. The number of aryl methyl sites for hydroxylation is 2. The Labute approximate surface area is 126 Å². The van der Waals surface area contributed by atoms with Crippen LogP contribution in [-0.4, -0.2) is 12.2 Å². The second kappa shape index (κ2) is 6.64. The van der Waals surface area contributed by atoms with Gasteiger partial charge in [0.05, 0.1) is 13.2 Å². The lowest BCUT2D eigenvalue weighted by molar-refractivity contribution is 0.198. The molecule has 0 fully saturated rings. The van der Waals surface area contributed by atoms with Crippen LogP contribution in [-0.2, 0) is 6.61 Å². The first kappa shape index (κ1) is 15.4. The normalized spacial score (nSPS) is 12.0. The minimum atomic E-state index is -0.521. The van der Waals surface area contributed by atoms with Crippen molar-refractivity contribution >= 4 is 0 Å². The molecule has 1 atom stereocenters. The predicted molar refractivity (Wildman–Crippen MR) is 83.9 cm³/mol. The first-order chi connectivity index (χ1) is 9.99. The first-order valence-electron chi connectivity index (χ1n) is 7.05. The molecule has 0 aromatic heterocycles. The molecule has 0 aliphatic heterocycles. The molecule has 1 N–H and O–H groups in total. The minimum Gasteiger partial charge on any atom is -0.493 e.